The van der Waals surface area contributed by atoms with Crippen LogP contribution in [0.2, 0.25) is 5.02 Å². The van der Waals surface area contributed by atoms with Crippen LogP contribution in [0.5, 0.6) is 0 Å². The Labute approximate surface area is 182 Å². The van der Waals surface area contributed by atoms with E-state index in [1.165, 1.54) is 4.57 Å². The number of aromatic carboxylic acids is 1. The van der Waals surface area contributed by atoms with Crippen LogP contribution in [0.3, 0.4) is 0 Å². The molecule has 1 saturated heterocycles. The minimum atomic E-state index is -1.44. The maximum absolute atomic E-state index is 15.3. The van der Waals surface area contributed by atoms with Crippen LogP contribution in [0.4, 0.5) is 14.5 Å². The second-order valence-electron chi connectivity index (χ2n) is 8.61. The summed E-state index contributed by atoms with van der Waals surface area (Å²) in [5, 5.41) is 12.6. The lowest BCUT2D eigenvalue weighted by molar-refractivity contribution is 0.0694. The molecule has 5 rings (SSSR count). The molecule has 31 heavy (non-hydrogen) atoms. The smallest absolute Gasteiger partial charge is 0.341 e. The number of anilines is 1. The van der Waals surface area contributed by atoms with E-state index < -0.39 is 35.0 Å². The predicted octanol–water partition coefficient (Wildman–Crippen LogP) is 3.38. The molecule has 0 amide bonds. The summed E-state index contributed by atoms with van der Waals surface area (Å²) < 4.78 is 30.6. The minimum Gasteiger partial charge on any atom is -0.477 e. The van der Waals surface area contributed by atoms with Gasteiger partial charge in [-0.1, -0.05) is 23.8 Å². The van der Waals surface area contributed by atoms with Crippen molar-refractivity contribution < 1.29 is 18.7 Å². The van der Waals surface area contributed by atoms with E-state index in [0.717, 1.165) is 18.7 Å². The zero-order valence-electron chi connectivity index (χ0n) is 16.8. The summed E-state index contributed by atoms with van der Waals surface area (Å²) in [4.78, 5) is 26.1. The maximum atomic E-state index is 15.3. The molecule has 6 nitrogen and oxygen atoms in total. The lowest BCUT2D eigenvalue weighted by Crippen LogP contribution is -2.39. The molecule has 0 bridgehead atoms. The number of alkyl halides is 1. The molecule has 2 aromatic rings. The van der Waals surface area contributed by atoms with Crippen molar-refractivity contribution >= 4 is 34.2 Å². The Bertz CT molecular complexity index is 1180. The Hall–Kier alpha value is -2.45. The van der Waals surface area contributed by atoms with E-state index in [9.17, 15) is 19.1 Å². The van der Waals surface area contributed by atoms with Gasteiger partial charge in [0.25, 0.3) is 0 Å². The fourth-order valence-electron chi connectivity index (χ4n) is 5.15. The molecule has 3 aliphatic rings. The molecule has 5 atom stereocenters. The molecule has 0 radical (unpaired) electrons. The molecule has 1 aliphatic heterocycles. The minimum absolute atomic E-state index is 0.0202. The van der Waals surface area contributed by atoms with Crippen molar-refractivity contribution in [1.82, 2.24) is 9.88 Å². The Kier molecular flexibility index (Phi) is 4.82. The number of nitrogens with zero attached hydrogens (tertiary/aromatic N) is 2. The van der Waals surface area contributed by atoms with Crippen LogP contribution in [0.15, 0.2) is 29.2 Å². The molecule has 1 aromatic carbocycles. The number of benzene rings is 1. The van der Waals surface area contributed by atoms with Crippen LogP contribution in [-0.4, -0.2) is 48.0 Å². The van der Waals surface area contributed by atoms with Gasteiger partial charge in [0, 0.05) is 37.7 Å². The van der Waals surface area contributed by atoms with Gasteiger partial charge in [0.1, 0.15) is 17.6 Å². The van der Waals surface area contributed by atoms with E-state index >= 15 is 4.39 Å². The quantitative estimate of drug-likeness (QED) is 0.700. The van der Waals surface area contributed by atoms with Gasteiger partial charge in [-0.15, -0.1) is 0 Å². The molecule has 0 spiro atoms. The molecule has 2 aliphatic carbocycles. The van der Waals surface area contributed by atoms with Gasteiger partial charge in [-0.2, -0.15) is 0 Å². The molecule has 164 valence electrons. The van der Waals surface area contributed by atoms with E-state index in [4.69, 9.17) is 11.6 Å². The highest BCUT2D eigenvalue weighted by atomic mass is 35.5. The van der Waals surface area contributed by atoms with E-state index in [1.807, 2.05) is 11.9 Å². The van der Waals surface area contributed by atoms with Gasteiger partial charge in [0.2, 0.25) is 5.43 Å². The first-order valence-electron chi connectivity index (χ1n) is 10.3. The van der Waals surface area contributed by atoms with Gasteiger partial charge >= 0.3 is 5.97 Å². The fourth-order valence-corrected chi connectivity index (χ4v) is 5.56. The predicted molar refractivity (Wildman–Crippen MR) is 114 cm³/mol. The van der Waals surface area contributed by atoms with Crippen molar-refractivity contribution in [1.29, 1.82) is 0 Å². The number of carbonyl (C=O) groups is 1. The summed E-state index contributed by atoms with van der Waals surface area (Å²) in [6.45, 7) is 1.17. The second kappa shape index (κ2) is 7.31. The third-order valence-corrected chi connectivity index (χ3v) is 7.20. The fraction of sp³-hybridized carbons (Fsp3) is 0.455. The highest BCUT2D eigenvalue weighted by molar-refractivity contribution is 6.38. The Morgan fingerprint density at radius 2 is 2.10 bits per heavy atom. The third kappa shape index (κ3) is 3.15. The molecular weight excluding hydrogens is 428 g/mol. The van der Waals surface area contributed by atoms with Crippen molar-refractivity contribution in [3.05, 3.63) is 51.0 Å². The number of carboxylic acid groups (broad SMARTS) is 1. The number of fused-ring (bicyclic) bond motifs is 2. The summed E-state index contributed by atoms with van der Waals surface area (Å²) >= 11 is 6.68. The molecule has 1 saturated carbocycles. The largest absolute Gasteiger partial charge is 0.477 e. The summed E-state index contributed by atoms with van der Waals surface area (Å²) in [6.07, 6.45) is 5.35. The highest BCUT2D eigenvalue weighted by Gasteiger charge is 2.42. The maximum Gasteiger partial charge on any atom is 0.341 e. The van der Waals surface area contributed by atoms with Crippen molar-refractivity contribution in [2.45, 2.75) is 31.1 Å². The van der Waals surface area contributed by atoms with Crippen LogP contribution >= 0.6 is 11.6 Å². The second-order valence-corrected chi connectivity index (χ2v) is 8.99. The molecule has 5 unspecified atom stereocenters. The van der Waals surface area contributed by atoms with Crippen molar-refractivity contribution in [3.63, 3.8) is 0 Å². The summed E-state index contributed by atoms with van der Waals surface area (Å²) in [5.41, 5.74) is -0.979. The molecule has 9 heteroatoms. The van der Waals surface area contributed by atoms with Gasteiger partial charge in [-0.05, 0) is 25.5 Å². The number of rotatable bonds is 4. The first kappa shape index (κ1) is 20.5. The van der Waals surface area contributed by atoms with E-state index in [2.05, 4.69) is 17.5 Å². The number of hydrogen-bond donors (Lipinski definition) is 2. The van der Waals surface area contributed by atoms with Crippen molar-refractivity contribution in [2.24, 2.45) is 11.8 Å². The lowest BCUT2D eigenvalue weighted by Gasteiger charge is -2.28. The standard InChI is InChI=1S/C22H22ClF2N3O3/c1-26-16-4-2-3-10-7-27(8-12(10)16)20-15(25)5-11-19(18(20)23)28(17-6-14(17)24)9-13(21(11)29)22(30)31/h2-3,5,9-10,12,14,16-17,26H,4,6-8H2,1H3,(H,30,31). The van der Waals surface area contributed by atoms with Crippen molar-refractivity contribution in [3.8, 4) is 0 Å². The van der Waals surface area contributed by atoms with Gasteiger partial charge in [0.05, 0.1) is 27.7 Å². The average Bonchev–Trinajstić information content (AvgIpc) is 3.29. The van der Waals surface area contributed by atoms with Gasteiger partial charge in [0.15, 0.2) is 0 Å². The third-order valence-electron chi connectivity index (χ3n) is 6.84. The number of pyridine rings is 1. The normalized spacial score (nSPS) is 29.4. The topological polar surface area (TPSA) is 74.6 Å². The first-order chi connectivity index (χ1) is 14.8. The number of nitrogens with one attached hydrogen (secondary N) is 1. The number of carboxylic acids is 1. The van der Waals surface area contributed by atoms with Crippen LogP contribution in [0.1, 0.15) is 29.2 Å². The van der Waals surface area contributed by atoms with Crippen molar-refractivity contribution in [2.75, 3.05) is 25.0 Å². The van der Waals surface area contributed by atoms with Gasteiger partial charge < -0.3 is 19.9 Å². The molecule has 2 fully saturated rings. The SMILES string of the molecule is CNC1CC=CC2CN(c3c(F)cc4c(=O)c(C(=O)O)cn(C5CC5F)c4c3Cl)CC21. The number of hydrogen-bond acceptors (Lipinski definition) is 4. The van der Waals surface area contributed by atoms with E-state index in [-0.39, 0.29) is 45.9 Å². The first-order valence-corrected chi connectivity index (χ1v) is 10.7. The average molecular weight is 450 g/mol. The highest BCUT2D eigenvalue weighted by Crippen LogP contribution is 2.45. The Morgan fingerprint density at radius 3 is 2.74 bits per heavy atom. The van der Waals surface area contributed by atoms with E-state index in [0.29, 0.717) is 13.1 Å². The monoisotopic (exact) mass is 449 g/mol. The summed E-state index contributed by atoms with van der Waals surface area (Å²) in [6, 6.07) is 0.706. The molecule has 2 N–H and O–H groups in total. The Morgan fingerprint density at radius 1 is 1.35 bits per heavy atom. The van der Waals surface area contributed by atoms with E-state index in [1.54, 1.807) is 0 Å². The lowest BCUT2D eigenvalue weighted by atomic mass is 9.83. The zero-order chi connectivity index (χ0) is 22.0. The Balaban J connectivity index is 1.68. The number of aromatic nitrogens is 1. The summed E-state index contributed by atoms with van der Waals surface area (Å²) in [7, 11) is 1.91. The molecule has 2 heterocycles. The zero-order valence-corrected chi connectivity index (χ0v) is 17.6. The van der Waals surface area contributed by atoms with Crippen LogP contribution < -0.4 is 15.6 Å². The molecule has 1 aromatic heterocycles. The van der Waals surface area contributed by atoms with Gasteiger partial charge in [-0.25, -0.2) is 13.6 Å². The van der Waals surface area contributed by atoms with Crippen LogP contribution in [0, 0.1) is 17.7 Å². The summed E-state index contributed by atoms with van der Waals surface area (Å²) in [5.74, 6) is -1.59. The van der Waals surface area contributed by atoms with Crippen LogP contribution in [0.25, 0.3) is 10.9 Å². The van der Waals surface area contributed by atoms with Crippen LogP contribution in [-0.2, 0) is 0 Å². The number of halogens is 3. The van der Waals surface area contributed by atoms with Gasteiger partial charge in [-0.3, -0.25) is 4.79 Å². The molecular formula is C22H22ClF2N3O3.